The molecule has 0 aliphatic rings. The number of carbonyl (C=O) groups is 1. The van der Waals surface area contributed by atoms with Crippen LogP contribution in [0.3, 0.4) is 0 Å². The minimum absolute atomic E-state index is 0. The fourth-order valence-electron chi connectivity index (χ4n) is 0.490. The molecule has 0 unspecified atom stereocenters. The van der Waals surface area contributed by atoms with Crippen LogP contribution in [-0.2, 0) is 19.4 Å². The number of carbonyl (C=O) groups excluding carboxylic acids is 1. The van der Waals surface area contributed by atoms with Crippen LogP contribution in [0.5, 0.6) is 0 Å². The molecule has 0 bridgehead atoms. The molecule has 0 rings (SSSR count). The highest BCUT2D eigenvalue weighted by Crippen LogP contribution is 1.89. The second-order valence-corrected chi connectivity index (χ2v) is 4.14. The van der Waals surface area contributed by atoms with Crippen molar-refractivity contribution in [3.8, 4) is 0 Å². The zero-order valence-corrected chi connectivity index (χ0v) is 8.28. The fourth-order valence-corrected chi connectivity index (χ4v) is 1.47. The molecule has 0 heterocycles. The Morgan fingerprint density at radius 3 is 2.33 bits per heavy atom. The molecule has 0 amide bonds. The van der Waals surface area contributed by atoms with Gasteiger partial charge in [0.15, 0.2) is 9.84 Å². The Labute approximate surface area is 77.6 Å². The van der Waals surface area contributed by atoms with Crippen LogP contribution in [-0.4, -0.2) is 39.5 Å². The first-order valence-electron chi connectivity index (χ1n) is 2.99. The van der Waals surface area contributed by atoms with E-state index >= 15 is 0 Å². The van der Waals surface area contributed by atoms with Gasteiger partial charge in [0, 0.05) is 6.54 Å². The van der Waals surface area contributed by atoms with E-state index in [2.05, 4.69) is 4.74 Å². The van der Waals surface area contributed by atoms with E-state index in [0.717, 1.165) is 7.11 Å². The molecular formula is C5H12ClNO4S. The van der Waals surface area contributed by atoms with E-state index in [0.29, 0.717) is 0 Å². The summed E-state index contributed by atoms with van der Waals surface area (Å²) in [7, 11) is -2.20. The number of methoxy groups -OCH3 is 1. The van der Waals surface area contributed by atoms with Crippen molar-refractivity contribution in [1.82, 2.24) is 0 Å². The lowest BCUT2D eigenvalue weighted by atomic mass is 10.8. The van der Waals surface area contributed by atoms with E-state index in [1.807, 2.05) is 0 Å². The molecule has 74 valence electrons. The Bertz CT molecular complexity index is 226. The predicted molar refractivity (Wildman–Crippen MR) is 47.0 cm³/mol. The van der Waals surface area contributed by atoms with Gasteiger partial charge in [0.1, 0.15) is 5.75 Å². The molecule has 0 aliphatic heterocycles. The van der Waals surface area contributed by atoms with Crippen LogP contribution >= 0.6 is 12.4 Å². The van der Waals surface area contributed by atoms with Gasteiger partial charge in [0.05, 0.1) is 12.9 Å². The lowest BCUT2D eigenvalue weighted by Crippen LogP contribution is -2.23. The number of nitrogens with two attached hydrogens (primary N) is 1. The number of halogens is 1. The topological polar surface area (TPSA) is 86.5 Å². The molecular weight excluding hydrogens is 206 g/mol. The van der Waals surface area contributed by atoms with Crippen LogP contribution < -0.4 is 5.73 Å². The van der Waals surface area contributed by atoms with Gasteiger partial charge >= 0.3 is 5.97 Å². The number of hydrogen-bond donors (Lipinski definition) is 1. The van der Waals surface area contributed by atoms with Gasteiger partial charge in [-0.2, -0.15) is 0 Å². The minimum Gasteiger partial charge on any atom is -0.468 e. The summed E-state index contributed by atoms with van der Waals surface area (Å²) < 4.78 is 25.8. The average Bonchev–Trinajstić information content (AvgIpc) is 1.86. The van der Waals surface area contributed by atoms with Crippen LogP contribution in [0.1, 0.15) is 0 Å². The van der Waals surface area contributed by atoms with Crippen molar-refractivity contribution >= 4 is 28.2 Å². The maximum atomic E-state index is 10.8. The molecule has 0 aromatic rings. The first-order valence-corrected chi connectivity index (χ1v) is 4.81. The second-order valence-electron chi connectivity index (χ2n) is 1.96. The van der Waals surface area contributed by atoms with Crippen molar-refractivity contribution in [3.05, 3.63) is 0 Å². The van der Waals surface area contributed by atoms with Gasteiger partial charge in [-0.25, -0.2) is 8.42 Å². The van der Waals surface area contributed by atoms with Crippen LogP contribution in [0.25, 0.3) is 0 Å². The first-order chi connectivity index (χ1) is 5.02. The molecule has 2 N–H and O–H groups in total. The number of hydrogen-bond acceptors (Lipinski definition) is 5. The van der Waals surface area contributed by atoms with Crippen molar-refractivity contribution in [2.45, 2.75) is 0 Å². The fraction of sp³-hybridized carbons (Fsp3) is 0.800. The van der Waals surface area contributed by atoms with E-state index in [1.54, 1.807) is 0 Å². The Hall–Kier alpha value is -0.330. The van der Waals surface area contributed by atoms with Crippen molar-refractivity contribution < 1.29 is 17.9 Å². The normalized spacial score (nSPS) is 10.2. The molecule has 0 aromatic heterocycles. The average molecular weight is 218 g/mol. The van der Waals surface area contributed by atoms with Crippen molar-refractivity contribution in [1.29, 1.82) is 0 Å². The van der Waals surface area contributed by atoms with Gasteiger partial charge in [-0.05, 0) is 0 Å². The van der Waals surface area contributed by atoms with Crippen molar-refractivity contribution in [3.63, 3.8) is 0 Å². The smallest absolute Gasteiger partial charge is 0.320 e. The van der Waals surface area contributed by atoms with E-state index in [1.165, 1.54) is 0 Å². The van der Waals surface area contributed by atoms with Crippen LogP contribution in [0.4, 0.5) is 0 Å². The standard InChI is InChI=1S/C5H11NO4S.ClH/c1-10-5(7)4-11(8,9)3-2-6;/h2-4,6H2,1H3;1H. The second kappa shape index (κ2) is 6.22. The molecule has 7 heteroatoms. The zero-order chi connectivity index (χ0) is 8.91. The lowest BCUT2D eigenvalue weighted by Gasteiger charge is -1.99. The SMILES string of the molecule is COC(=O)CS(=O)(=O)CCN.Cl. The molecule has 0 radical (unpaired) electrons. The molecule has 0 aliphatic carbocycles. The molecule has 0 spiro atoms. The van der Waals surface area contributed by atoms with Gasteiger partial charge in [-0.3, -0.25) is 4.79 Å². The largest absolute Gasteiger partial charge is 0.468 e. The highest BCUT2D eigenvalue weighted by atomic mass is 35.5. The third kappa shape index (κ3) is 6.38. The lowest BCUT2D eigenvalue weighted by molar-refractivity contribution is -0.137. The monoisotopic (exact) mass is 217 g/mol. The van der Waals surface area contributed by atoms with Crippen LogP contribution in [0, 0.1) is 0 Å². The van der Waals surface area contributed by atoms with Gasteiger partial charge in [0.2, 0.25) is 0 Å². The summed E-state index contributed by atoms with van der Waals surface area (Å²) in [6.45, 7) is 0.0271. The molecule has 12 heavy (non-hydrogen) atoms. The zero-order valence-electron chi connectivity index (χ0n) is 6.65. The first kappa shape index (κ1) is 14.2. The van der Waals surface area contributed by atoms with Gasteiger partial charge in [0.25, 0.3) is 0 Å². The molecule has 5 nitrogen and oxygen atoms in total. The maximum Gasteiger partial charge on any atom is 0.320 e. The Morgan fingerprint density at radius 2 is 2.00 bits per heavy atom. The number of ether oxygens (including phenoxy) is 1. The minimum atomic E-state index is -3.34. The number of rotatable bonds is 4. The summed E-state index contributed by atoms with van der Waals surface area (Å²) in [5.74, 6) is -1.51. The van der Waals surface area contributed by atoms with E-state index < -0.39 is 21.6 Å². The summed E-state index contributed by atoms with van der Waals surface area (Å²) in [5, 5.41) is 0. The third-order valence-electron chi connectivity index (χ3n) is 0.994. The Kier molecular flexibility index (Phi) is 7.36. The van der Waals surface area contributed by atoms with Crippen molar-refractivity contribution in [2.75, 3.05) is 25.2 Å². The molecule has 0 fully saturated rings. The Balaban J connectivity index is 0. The molecule has 0 aromatic carbocycles. The highest BCUT2D eigenvalue weighted by Gasteiger charge is 2.15. The highest BCUT2D eigenvalue weighted by molar-refractivity contribution is 7.92. The predicted octanol–water partition coefficient (Wildman–Crippen LogP) is -1.05. The van der Waals surface area contributed by atoms with Crippen molar-refractivity contribution in [2.24, 2.45) is 5.73 Å². The number of esters is 1. The molecule has 0 saturated heterocycles. The molecule has 0 saturated carbocycles. The Morgan fingerprint density at radius 1 is 1.50 bits per heavy atom. The van der Waals surface area contributed by atoms with Crippen LogP contribution in [0.15, 0.2) is 0 Å². The quantitative estimate of drug-likeness (QED) is 0.608. The van der Waals surface area contributed by atoms with E-state index in [4.69, 9.17) is 5.73 Å². The molecule has 0 atom stereocenters. The maximum absolute atomic E-state index is 10.8. The van der Waals surface area contributed by atoms with Crippen LogP contribution in [0.2, 0.25) is 0 Å². The third-order valence-corrected chi connectivity index (χ3v) is 2.53. The van der Waals surface area contributed by atoms with Gasteiger partial charge in [-0.15, -0.1) is 12.4 Å². The number of sulfone groups is 1. The van der Waals surface area contributed by atoms with E-state index in [9.17, 15) is 13.2 Å². The van der Waals surface area contributed by atoms with Gasteiger partial charge < -0.3 is 10.5 Å². The summed E-state index contributed by atoms with van der Waals surface area (Å²) in [6, 6.07) is 0. The van der Waals surface area contributed by atoms with Gasteiger partial charge in [-0.1, -0.05) is 0 Å². The summed E-state index contributed by atoms with van der Waals surface area (Å²) in [4.78, 5) is 10.5. The summed E-state index contributed by atoms with van der Waals surface area (Å²) in [6.07, 6.45) is 0. The summed E-state index contributed by atoms with van der Waals surface area (Å²) in [5.41, 5.74) is 5.00. The van der Waals surface area contributed by atoms with E-state index in [-0.39, 0.29) is 24.7 Å². The summed E-state index contributed by atoms with van der Waals surface area (Å²) >= 11 is 0.